The Morgan fingerprint density at radius 3 is 2.76 bits per heavy atom. The van der Waals surface area contributed by atoms with Crippen LogP contribution in [0.15, 0.2) is 22.7 Å². The fraction of sp³-hybridized carbons (Fsp3) is 0.571. The van der Waals surface area contributed by atoms with Crippen molar-refractivity contribution in [2.24, 2.45) is 0 Å². The van der Waals surface area contributed by atoms with Gasteiger partial charge >= 0.3 is 0 Å². The molecule has 1 aromatic rings. The first-order valence-electron chi connectivity index (χ1n) is 6.43. The van der Waals surface area contributed by atoms with Gasteiger partial charge in [0.15, 0.2) is 0 Å². The number of hydrogen-bond donors (Lipinski definition) is 1. The minimum absolute atomic E-state index is 0.178. The summed E-state index contributed by atoms with van der Waals surface area (Å²) >= 11 is 3.22. The summed E-state index contributed by atoms with van der Waals surface area (Å²) in [4.78, 5) is 0. The van der Waals surface area contributed by atoms with E-state index in [1.165, 1.54) is 43.7 Å². The molecule has 1 nitrogen and oxygen atoms in total. The molecule has 94 valence electrons. The third-order valence-electron chi connectivity index (χ3n) is 3.14. The van der Waals surface area contributed by atoms with Gasteiger partial charge in [0, 0.05) is 6.04 Å². The highest BCUT2D eigenvalue weighted by Gasteiger charge is 2.19. The van der Waals surface area contributed by atoms with E-state index in [0.29, 0.717) is 4.47 Å². The smallest absolute Gasteiger partial charge is 0.137 e. The predicted octanol–water partition coefficient (Wildman–Crippen LogP) is 4.05. The quantitative estimate of drug-likeness (QED) is 0.749. The predicted molar refractivity (Wildman–Crippen MR) is 72.7 cm³/mol. The van der Waals surface area contributed by atoms with Crippen molar-refractivity contribution in [1.29, 1.82) is 0 Å². The molecule has 0 atom stereocenters. The van der Waals surface area contributed by atoms with E-state index >= 15 is 0 Å². The van der Waals surface area contributed by atoms with Crippen LogP contribution in [0, 0.1) is 5.82 Å². The number of rotatable bonds is 7. The van der Waals surface area contributed by atoms with E-state index in [-0.39, 0.29) is 5.82 Å². The average molecular weight is 300 g/mol. The van der Waals surface area contributed by atoms with Crippen molar-refractivity contribution in [3.05, 3.63) is 34.1 Å². The molecule has 0 saturated heterocycles. The van der Waals surface area contributed by atoms with Gasteiger partial charge in [-0.1, -0.05) is 12.5 Å². The summed E-state index contributed by atoms with van der Waals surface area (Å²) in [5.41, 5.74) is 1.22. The molecule has 0 unspecified atom stereocenters. The van der Waals surface area contributed by atoms with Crippen molar-refractivity contribution < 1.29 is 4.39 Å². The lowest BCUT2D eigenvalue weighted by Gasteiger charge is -2.04. The second kappa shape index (κ2) is 6.50. The van der Waals surface area contributed by atoms with Crippen molar-refractivity contribution in [2.45, 2.75) is 44.6 Å². The fourth-order valence-electron chi connectivity index (χ4n) is 1.92. The van der Waals surface area contributed by atoms with Crippen LogP contribution >= 0.6 is 15.9 Å². The minimum Gasteiger partial charge on any atom is -0.314 e. The van der Waals surface area contributed by atoms with Crippen LogP contribution in [0.4, 0.5) is 4.39 Å². The van der Waals surface area contributed by atoms with Crippen LogP contribution in [0.5, 0.6) is 0 Å². The second-order valence-electron chi connectivity index (χ2n) is 4.79. The van der Waals surface area contributed by atoms with Crippen LogP contribution < -0.4 is 5.32 Å². The van der Waals surface area contributed by atoms with Crippen molar-refractivity contribution in [2.75, 3.05) is 6.54 Å². The molecule has 1 N–H and O–H groups in total. The standard InChI is InChI=1S/C14H19BrFN/c15-13-10-11(5-8-14(13)16)4-2-1-3-9-17-12-6-7-12/h5,8,10,12,17H,1-4,6-7,9H2. The first kappa shape index (κ1) is 13.0. The van der Waals surface area contributed by atoms with Crippen molar-refractivity contribution in [1.82, 2.24) is 5.32 Å². The third kappa shape index (κ3) is 4.76. The van der Waals surface area contributed by atoms with Gasteiger partial charge in [-0.15, -0.1) is 0 Å². The Hall–Kier alpha value is -0.410. The molecule has 0 spiro atoms. The summed E-state index contributed by atoms with van der Waals surface area (Å²) < 4.78 is 13.6. The molecule has 1 aliphatic carbocycles. The summed E-state index contributed by atoms with van der Waals surface area (Å²) in [6.07, 6.45) is 7.45. The van der Waals surface area contributed by atoms with Gasteiger partial charge < -0.3 is 5.32 Å². The van der Waals surface area contributed by atoms with E-state index in [0.717, 1.165) is 19.0 Å². The molecule has 0 radical (unpaired) electrons. The van der Waals surface area contributed by atoms with Gasteiger partial charge in [-0.3, -0.25) is 0 Å². The van der Waals surface area contributed by atoms with E-state index in [1.807, 2.05) is 12.1 Å². The molecule has 2 rings (SSSR count). The summed E-state index contributed by atoms with van der Waals surface area (Å²) in [5, 5.41) is 3.51. The molecule has 17 heavy (non-hydrogen) atoms. The van der Waals surface area contributed by atoms with E-state index in [4.69, 9.17) is 0 Å². The lowest BCUT2D eigenvalue weighted by Crippen LogP contribution is -2.17. The Morgan fingerprint density at radius 1 is 1.24 bits per heavy atom. The van der Waals surface area contributed by atoms with Crippen LogP contribution in [-0.2, 0) is 6.42 Å². The first-order chi connectivity index (χ1) is 8.25. The van der Waals surface area contributed by atoms with Crippen molar-refractivity contribution in [3.8, 4) is 0 Å². The molecule has 0 aliphatic heterocycles. The number of unbranched alkanes of at least 4 members (excludes halogenated alkanes) is 2. The van der Waals surface area contributed by atoms with Gasteiger partial charge in [0.05, 0.1) is 4.47 Å². The molecular weight excluding hydrogens is 281 g/mol. The van der Waals surface area contributed by atoms with E-state index in [1.54, 1.807) is 0 Å². The third-order valence-corrected chi connectivity index (χ3v) is 3.74. The highest BCUT2D eigenvalue weighted by Crippen LogP contribution is 2.19. The van der Waals surface area contributed by atoms with E-state index in [2.05, 4.69) is 21.2 Å². The van der Waals surface area contributed by atoms with E-state index in [9.17, 15) is 4.39 Å². The summed E-state index contributed by atoms with van der Waals surface area (Å²) in [6, 6.07) is 6.12. The largest absolute Gasteiger partial charge is 0.314 e. The maximum atomic E-state index is 13.0. The van der Waals surface area contributed by atoms with Crippen LogP contribution in [0.3, 0.4) is 0 Å². The highest BCUT2D eigenvalue weighted by atomic mass is 79.9. The van der Waals surface area contributed by atoms with Gasteiger partial charge in [-0.25, -0.2) is 4.39 Å². The zero-order valence-electron chi connectivity index (χ0n) is 10.0. The fourth-order valence-corrected chi connectivity index (χ4v) is 2.35. The molecule has 1 aromatic carbocycles. The number of hydrogen-bond acceptors (Lipinski definition) is 1. The van der Waals surface area contributed by atoms with Crippen molar-refractivity contribution >= 4 is 15.9 Å². The zero-order valence-corrected chi connectivity index (χ0v) is 11.6. The molecule has 1 fully saturated rings. The number of nitrogens with one attached hydrogen (secondary N) is 1. The Morgan fingerprint density at radius 2 is 2.06 bits per heavy atom. The molecule has 3 heteroatoms. The van der Waals surface area contributed by atoms with Gasteiger partial charge in [0.25, 0.3) is 0 Å². The molecule has 1 aliphatic rings. The topological polar surface area (TPSA) is 12.0 Å². The van der Waals surface area contributed by atoms with E-state index < -0.39 is 0 Å². The zero-order chi connectivity index (χ0) is 12.1. The normalized spacial score (nSPS) is 15.2. The van der Waals surface area contributed by atoms with Gasteiger partial charge in [0.2, 0.25) is 0 Å². The van der Waals surface area contributed by atoms with Gasteiger partial charge in [-0.2, -0.15) is 0 Å². The molecule has 0 aromatic heterocycles. The lowest BCUT2D eigenvalue weighted by atomic mass is 10.1. The number of aryl methyl sites for hydroxylation is 1. The maximum Gasteiger partial charge on any atom is 0.137 e. The Labute approximate surface area is 111 Å². The summed E-state index contributed by atoms with van der Waals surface area (Å²) in [6.45, 7) is 1.15. The maximum absolute atomic E-state index is 13.0. The first-order valence-corrected chi connectivity index (χ1v) is 7.22. The van der Waals surface area contributed by atoms with Gasteiger partial charge in [-0.05, 0) is 72.3 Å². The molecule has 1 saturated carbocycles. The Balaban J connectivity index is 1.58. The molecule has 0 heterocycles. The van der Waals surface area contributed by atoms with Crippen LogP contribution in [0.1, 0.15) is 37.7 Å². The molecule has 0 amide bonds. The summed E-state index contributed by atoms with van der Waals surface area (Å²) in [7, 11) is 0. The Kier molecular flexibility index (Phi) is 4.99. The Bertz CT molecular complexity index is 363. The minimum atomic E-state index is -0.178. The highest BCUT2D eigenvalue weighted by molar-refractivity contribution is 9.10. The lowest BCUT2D eigenvalue weighted by molar-refractivity contribution is 0.598. The number of halogens is 2. The molecular formula is C14H19BrFN. The molecule has 0 bridgehead atoms. The summed E-state index contributed by atoms with van der Waals surface area (Å²) in [5.74, 6) is -0.178. The SMILES string of the molecule is Fc1ccc(CCCCCNC2CC2)cc1Br. The average Bonchev–Trinajstić information content (AvgIpc) is 3.12. The van der Waals surface area contributed by atoms with Crippen molar-refractivity contribution in [3.63, 3.8) is 0 Å². The number of benzene rings is 1. The van der Waals surface area contributed by atoms with Crippen LogP contribution in [-0.4, -0.2) is 12.6 Å². The van der Waals surface area contributed by atoms with Crippen LogP contribution in [0.2, 0.25) is 0 Å². The second-order valence-corrected chi connectivity index (χ2v) is 5.64. The monoisotopic (exact) mass is 299 g/mol. The van der Waals surface area contributed by atoms with Crippen LogP contribution in [0.25, 0.3) is 0 Å². The van der Waals surface area contributed by atoms with Gasteiger partial charge in [0.1, 0.15) is 5.82 Å².